The lowest BCUT2D eigenvalue weighted by Gasteiger charge is -2.45. The summed E-state index contributed by atoms with van der Waals surface area (Å²) in [4.78, 5) is 41.1. The monoisotopic (exact) mass is 438 g/mol. The zero-order valence-corrected chi connectivity index (χ0v) is 18.0. The third-order valence-corrected chi connectivity index (χ3v) is 7.22. The Kier molecular flexibility index (Phi) is 4.37. The number of likely N-dealkylation sites (tertiary alicyclic amines) is 1. The van der Waals surface area contributed by atoms with Crippen LogP contribution in [-0.4, -0.2) is 36.3 Å². The van der Waals surface area contributed by atoms with Crippen molar-refractivity contribution in [1.29, 1.82) is 0 Å². The zero-order chi connectivity index (χ0) is 22.7. The van der Waals surface area contributed by atoms with Crippen LogP contribution in [0.25, 0.3) is 0 Å². The number of methoxy groups -OCH3 is 1. The number of imide groups is 1. The van der Waals surface area contributed by atoms with E-state index in [1.807, 2.05) is 24.3 Å². The summed E-state index contributed by atoms with van der Waals surface area (Å²) in [5, 5.41) is 2.77. The van der Waals surface area contributed by atoms with E-state index >= 15 is 0 Å². The van der Waals surface area contributed by atoms with E-state index in [0.29, 0.717) is 11.4 Å². The van der Waals surface area contributed by atoms with Crippen molar-refractivity contribution in [3.05, 3.63) is 95.1 Å². The molecular formula is C27H22N2O4. The van der Waals surface area contributed by atoms with Gasteiger partial charge in [-0.25, -0.2) is 0 Å². The molecule has 1 heterocycles. The number of carbonyl (C=O) groups is 3. The Morgan fingerprint density at radius 2 is 1.24 bits per heavy atom. The normalized spacial score (nSPS) is 24.2. The van der Waals surface area contributed by atoms with Crippen LogP contribution in [0.1, 0.15) is 34.1 Å². The molecule has 0 spiro atoms. The van der Waals surface area contributed by atoms with Gasteiger partial charge in [-0.15, -0.1) is 0 Å². The van der Waals surface area contributed by atoms with Crippen molar-refractivity contribution >= 4 is 23.4 Å². The summed E-state index contributed by atoms with van der Waals surface area (Å²) in [6, 6.07) is 23.2. The first kappa shape index (κ1) is 19.7. The molecule has 2 bridgehead atoms. The van der Waals surface area contributed by atoms with Crippen LogP contribution >= 0.6 is 0 Å². The minimum Gasteiger partial charge on any atom is -0.495 e. The zero-order valence-electron chi connectivity index (χ0n) is 18.0. The minimum atomic E-state index is -0.480. The van der Waals surface area contributed by atoms with E-state index in [1.54, 1.807) is 24.3 Å². The minimum absolute atomic E-state index is 0.175. The van der Waals surface area contributed by atoms with Crippen LogP contribution in [-0.2, 0) is 14.4 Å². The van der Waals surface area contributed by atoms with Crippen LogP contribution in [0.15, 0.2) is 72.8 Å². The maximum atomic E-state index is 13.6. The van der Waals surface area contributed by atoms with Gasteiger partial charge in [0.05, 0.1) is 24.6 Å². The highest BCUT2D eigenvalue weighted by Crippen LogP contribution is 2.60. The largest absolute Gasteiger partial charge is 0.495 e. The Morgan fingerprint density at radius 1 is 0.788 bits per heavy atom. The van der Waals surface area contributed by atoms with E-state index in [0.717, 1.165) is 27.2 Å². The highest BCUT2D eigenvalue weighted by atomic mass is 16.5. The molecule has 3 aromatic rings. The van der Waals surface area contributed by atoms with Crippen molar-refractivity contribution in [2.75, 3.05) is 19.0 Å². The molecule has 0 aromatic heterocycles. The summed E-state index contributed by atoms with van der Waals surface area (Å²) in [5.74, 6) is -1.75. The van der Waals surface area contributed by atoms with Gasteiger partial charge in [-0.2, -0.15) is 0 Å². The molecule has 4 aliphatic rings. The summed E-state index contributed by atoms with van der Waals surface area (Å²) in [6.07, 6.45) is 0. The van der Waals surface area contributed by atoms with Gasteiger partial charge in [0.15, 0.2) is 0 Å². The molecule has 33 heavy (non-hydrogen) atoms. The van der Waals surface area contributed by atoms with Crippen molar-refractivity contribution in [2.45, 2.75) is 11.8 Å². The molecule has 6 nitrogen and oxygen atoms in total. The number of benzene rings is 3. The summed E-state index contributed by atoms with van der Waals surface area (Å²) < 4.78 is 5.28. The van der Waals surface area contributed by atoms with Crippen LogP contribution < -0.4 is 10.1 Å². The SMILES string of the molecule is COc1ccccc1NC(=O)CN1C(=O)[C@H]2C3c4ccccc4C(c4ccccc43)[C@@H]2C1=O. The second-order valence-corrected chi connectivity index (χ2v) is 8.78. The number of hydrogen-bond donors (Lipinski definition) is 1. The van der Waals surface area contributed by atoms with E-state index in [1.165, 1.54) is 7.11 Å². The molecule has 1 fully saturated rings. The molecule has 0 unspecified atom stereocenters. The lowest BCUT2D eigenvalue weighted by Crippen LogP contribution is -2.41. The third-order valence-electron chi connectivity index (χ3n) is 7.22. The van der Waals surface area contributed by atoms with Gasteiger partial charge < -0.3 is 10.1 Å². The Balaban J connectivity index is 1.34. The number of rotatable bonds is 4. The third kappa shape index (κ3) is 2.76. The van der Waals surface area contributed by atoms with Crippen molar-refractivity contribution in [1.82, 2.24) is 4.90 Å². The lowest BCUT2D eigenvalue weighted by molar-refractivity contribution is -0.142. The smallest absolute Gasteiger partial charge is 0.244 e. The van der Waals surface area contributed by atoms with Gasteiger partial charge in [0.25, 0.3) is 0 Å². The van der Waals surface area contributed by atoms with Gasteiger partial charge in [0.2, 0.25) is 17.7 Å². The highest BCUT2D eigenvalue weighted by molar-refractivity contribution is 6.10. The van der Waals surface area contributed by atoms with E-state index in [4.69, 9.17) is 4.74 Å². The Morgan fingerprint density at radius 3 is 1.73 bits per heavy atom. The van der Waals surface area contributed by atoms with Gasteiger partial charge in [0.1, 0.15) is 12.3 Å². The van der Waals surface area contributed by atoms with E-state index < -0.39 is 17.7 Å². The predicted molar refractivity (Wildman–Crippen MR) is 122 cm³/mol. The van der Waals surface area contributed by atoms with Crippen LogP contribution in [0.5, 0.6) is 5.75 Å². The van der Waals surface area contributed by atoms with Crippen LogP contribution in [0.3, 0.4) is 0 Å². The first-order valence-electron chi connectivity index (χ1n) is 11.1. The van der Waals surface area contributed by atoms with Crippen molar-refractivity contribution in [2.24, 2.45) is 11.8 Å². The van der Waals surface area contributed by atoms with Gasteiger partial charge in [0, 0.05) is 11.8 Å². The molecule has 1 saturated heterocycles. The summed E-state index contributed by atoms with van der Waals surface area (Å²) in [6.45, 7) is -0.311. The molecule has 6 heteroatoms. The molecule has 1 aliphatic heterocycles. The summed E-state index contributed by atoms with van der Waals surface area (Å²) >= 11 is 0. The van der Waals surface area contributed by atoms with Gasteiger partial charge in [-0.1, -0.05) is 60.7 Å². The Labute approximate surface area is 191 Å². The maximum absolute atomic E-state index is 13.6. The lowest BCUT2D eigenvalue weighted by atomic mass is 9.55. The molecule has 3 amide bonds. The molecule has 0 saturated carbocycles. The van der Waals surface area contributed by atoms with Crippen molar-refractivity contribution < 1.29 is 19.1 Å². The average molecular weight is 438 g/mol. The van der Waals surface area contributed by atoms with Crippen molar-refractivity contribution in [3.8, 4) is 5.75 Å². The maximum Gasteiger partial charge on any atom is 0.244 e. The molecule has 2 atom stereocenters. The number of ether oxygens (including phenoxy) is 1. The topological polar surface area (TPSA) is 75.7 Å². The Hall–Kier alpha value is -3.93. The van der Waals surface area contributed by atoms with E-state index in [-0.39, 0.29) is 30.2 Å². The molecule has 3 aliphatic carbocycles. The molecule has 164 valence electrons. The quantitative estimate of drug-likeness (QED) is 0.633. The van der Waals surface area contributed by atoms with E-state index in [9.17, 15) is 14.4 Å². The van der Waals surface area contributed by atoms with Crippen LogP contribution in [0.4, 0.5) is 5.69 Å². The number of nitrogens with one attached hydrogen (secondary N) is 1. The van der Waals surface area contributed by atoms with Crippen LogP contribution in [0, 0.1) is 11.8 Å². The number of anilines is 1. The number of amides is 3. The number of para-hydroxylation sites is 2. The number of nitrogens with zero attached hydrogens (tertiary/aromatic N) is 1. The Bertz CT molecular complexity index is 1200. The van der Waals surface area contributed by atoms with Gasteiger partial charge >= 0.3 is 0 Å². The van der Waals surface area contributed by atoms with Crippen molar-refractivity contribution in [3.63, 3.8) is 0 Å². The fraction of sp³-hybridized carbons (Fsp3) is 0.222. The van der Waals surface area contributed by atoms with Gasteiger partial charge in [-0.05, 0) is 34.4 Å². The first-order valence-corrected chi connectivity index (χ1v) is 11.1. The number of hydrogen-bond acceptors (Lipinski definition) is 4. The van der Waals surface area contributed by atoms with Gasteiger partial charge in [-0.3, -0.25) is 19.3 Å². The van der Waals surface area contributed by atoms with E-state index in [2.05, 4.69) is 29.6 Å². The molecule has 0 radical (unpaired) electrons. The first-order chi connectivity index (χ1) is 16.1. The average Bonchev–Trinajstić information content (AvgIpc) is 3.09. The number of carbonyl (C=O) groups excluding carboxylic acids is 3. The van der Waals surface area contributed by atoms with Crippen LogP contribution in [0.2, 0.25) is 0 Å². The highest BCUT2D eigenvalue weighted by Gasteiger charge is 2.61. The standard InChI is InChI=1S/C27H22N2O4/c1-33-20-13-7-6-12-19(20)28-21(30)14-29-26(31)24-22-15-8-2-3-9-16(15)23(25(24)27(29)32)18-11-5-4-10-17(18)22/h2-13,22-25H,14H2,1H3,(H,28,30)/t22?,23?,24-,25-/m0/s1. The molecule has 7 rings (SSSR count). The fourth-order valence-electron chi connectivity index (χ4n) is 5.98. The summed E-state index contributed by atoms with van der Waals surface area (Å²) in [5.41, 5.74) is 4.96. The molecule has 1 N–H and O–H groups in total. The fourth-order valence-corrected chi connectivity index (χ4v) is 5.98. The predicted octanol–water partition coefficient (Wildman–Crippen LogP) is 3.53. The molecular weight excluding hydrogens is 416 g/mol. The summed E-state index contributed by atoms with van der Waals surface area (Å²) in [7, 11) is 1.52. The second kappa shape index (κ2) is 7.30. The molecule has 3 aromatic carbocycles. The second-order valence-electron chi connectivity index (χ2n) is 8.78.